The van der Waals surface area contributed by atoms with Crippen molar-refractivity contribution in [2.45, 2.75) is 44.7 Å². The molecule has 0 radical (unpaired) electrons. The van der Waals surface area contributed by atoms with Gasteiger partial charge in [-0.15, -0.1) is 0 Å². The molecule has 1 aromatic carbocycles. The molecule has 2 rings (SSSR count). The quantitative estimate of drug-likeness (QED) is 0.217. The van der Waals surface area contributed by atoms with Crippen molar-refractivity contribution in [3.63, 3.8) is 0 Å². The first-order chi connectivity index (χ1) is 15.5. The summed E-state index contributed by atoms with van der Waals surface area (Å²) in [7, 11) is 1.36. The molecule has 182 valence electrons. The second kappa shape index (κ2) is 11.4. The molecular weight excluding hydrogens is 434 g/mol. The van der Waals surface area contributed by atoms with Crippen LogP contribution in [0.2, 0.25) is 0 Å². The number of likely N-dealkylation sites (N-methyl/N-ethyl adjacent to an activating group) is 1. The van der Waals surface area contributed by atoms with Crippen molar-refractivity contribution < 1.29 is 39.5 Å². The van der Waals surface area contributed by atoms with E-state index >= 15 is 0 Å². The standard InChI is InChI=1S/C23H31NO9/c1-12(2)11-32-14-5-6-15-13(3)16(23(31)33-19(15)7-14)8-20(28)24(4)9-17(26)21(29)22(30)18(27)10-25/h5-7,17-18,21-22,25-27,29-30H,1,8-11H2,2-4H3/t17-,18-,21-,22-/m0/s1. The highest BCUT2D eigenvalue weighted by atomic mass is 16.5. The third kappa shape index (κ3) is 6.62. The molecule has 10 heteroatoms. The Hall–Kier alpha value is -2.76. The summed E-state index contributed by atoms with van der Waals surface area (Å²) < 4.78 is 11.0. The van der Waals surface area contributed by atoms with Gasteiger partial charge in [-0.2, -0.15) is 0 Å². The molecule has 0 unspecified atom stereocenters. The molecule has 5 N–H and O–H groups in total. The Morgan fingerprint density at radius 1 is 1.18 bits per heavy atom. The third-order valence-electron chi connectivity index (χ3n) is 5.28. The average Bonchev–Trinajstić information content (AvgIpc) is 2.78. The zero-order valence-corrected chi connectivity index (χ0v) is 18.9. The highest BCUT2D eigenvalue weighted by Crippen LogP contribution is 2.25. The lowest BCUT2D eigenvalue weighted by Crippen LogP contribution is -2.50. The van der Waals surface area contributed by atoms with Gasteiger partial charge in [-0.1, -0.05) is 6.58 Å². The Kier molecular flexibility index (Phi) is 9.15. The van der Waals surface area contributed by atoms with Crippen molar-refractivity contribution >= 4 is 16.9 Å². The maximum absolute atomic E-state index is 12.6. The van der Waals surface area contributed by atoms with Crippen LogP contribution in [0.25, 0.3) is 11.0 Å². The molecule has 0 aliphatic rings. The number of nitrogens with zero attached hydrogens (tertiary/aromatic N) is 1. The molecule has 1 heterocycles. The van der Waals surface area contributed by atoms with Crippen molar-refractivity contribution in [3.05, 3.63) is 51.9 Å². The molecule has 1 amide bonds. The minimum absolute atomic E-state index is 0.153. The number of hydrogen-bond donors (Lipinski definition) is 5. The van der Waals surface area contributed by atoms with E-state index in [0.29, 0.717) is 28.9 Å². The van der Waals surface area contributed by atoms with E-state index in [4.69, 9.17) is 14.3 Å². The Balaban J connectivity index is 2.15. The minimum atomic E-state index is -1.80. The number of benzene rings is 1. The van der Waals surface area contributed by atoms with Crippen molar-refractivity contribution in [1.29, 1.82) is 0 Å². The van der Waals surface area contributed by atoms with Gasteiger partial charge in [0.25, 0.3) is 0 Å². The van der Waals surface area contributed by atoms with Crippen molar-refractivity contribution in [2.24, 2.45) is 0 Å². The molecule has 0 saturated heterocycles. The summed E-state index contributed by atoms with van der Waals surface area (Å²) in [5, 5.41) is 48.6. The fraction of sp³-hybridized carbons (Fsp3) is 0.478. The fourth-order valence-electron chi connectivity index (χ4n) is 3.21. The minimum Gasteiger partial charge on any atom is -0.489 e. The van der Waals surface area contributed by atoms with Crippen molar-refractivity contribution in [3.8, 4) is 5.75 Å². The van der Waals surface area contributed by atoms with Gasteiger partial charge in [-0.3, -0.25) is 4.79 Å². The van der Waals surface area contributed by atoms with Crippen LogP contribution in [0.3, 0.4) is 0 Å². The molecule has 0 spiro atoms. The average molecular weight is 465 g/mol. The second-order valence-electron chi connectivity index (χ2n) is 8.15. The summed E-state index contributed by atoms with van der Waals surface area (Å²) >= 11 is 0. The Bertz CT molecular complexity index is 1050. The maximum atomic E-state index is 12.6. The molecule has 10 nitrogen and oxygen atoms in total. The number of amides is 1. The van der Waals surface area contributed by atoms with Gasteiger partial charge in [0.2, 0.25) is 5.91 Å². The van der Waals surface area contributed by atoms with Gasteiger partial charge >= 0.3 is 5.63 Å². The number of rotatable bonds is 11. The van der Waals surface area contributed by atoms with Crippen LogP contribution >= 0.6 is 0 Å². The lowest BCUT2D eigenvalue weighted by molar-refractivity contribution is -0.137. The molecule has 0 aliphatic heterocycles. The summed E-state index contributed by atoms with van der Waals surface area (Å²) in [5.74, 6) is -0.0210. The van der Waals surface area contributed by atoms with Crippen LogP contribution in [0.5, 0.6) is 5.75 Å². The van der Waals surface area contributed by atoms with Gasteiger partial charge in [-0.25, -0.2) is 4.79 Å². The molecule has 0 aliphatic carbocycles. The smallest absolute Gasteiger partial charge is 0.340 e. The van der Waals surface area contributed by atoms with Crippen LogP contribution in [0, 0.1) is 6.92 Å². The number of carbonyl (C=O) groups is 1. The largest absolute Gasteiger partial charge is 0.489 e. The first kappa shape index (κ1) is 26.5. The van der Waals surface area contributed by atoms with Gasteiger partial charge in [0.05, 0.1) is 18.6 Å². The van der Waals surface area contributed by atoms with Crippen molar-refractivity contribution in [1.82, 2.24) is 4.90 Å². The van der Waals surface area contributed by atoms with Gasteiger partial charge < -0.3 is 39.6 Å². The summed E-state index contributed by atoms with van der Waals surface area (Å²) in [6.45, 7) is 6.42. The van der Waals surface area contributed by atoms with E-state index in [1.807, 2.05) is 6.92 Å². The van der Waals surface area contributed by atoms with E-state index in [0.717, 1.165) is 10.5 Å². The van der Waals surface area contributed by atoms with Crippen LogP contribution in [0.1, 0.15) is 18.1 Å². The van der Waals surface area contributed by atoms with E-state index in [1.54, 1.807) is 25.1 Å². The van der Waals surface area contributed by atoms with Crippen LogP contribution < -0.4 is 10.4 Å². The predicted octanol–water partition coefficient (Wildman–Crippen LogP) is -0.507. The van der Waals surface area contributed by atoms with Crippen LogP contribution in [0.4, 0.5) is 0 Å². The molecule has 0 bridgehead atoms. The Morgan fingerprint density at radius 2 is 1.82 bits per heavy atom. The summed E-state index contributed by atoms with van der Waals surface area (Å²) in [6.07, 6.45) is -7.14. The van der Waals surface area contributed by atoms with E-state index in [2.05, 4.69) is 6.58 Å². The molecule has 33 heavy (non-hydrogen) atoms. The monoisotopic (exact) mass is 465 g/mol. The number of aliphatic hydroxyl groups excluding tert-OH is 5. The summed E-state index contributed by atoms with van der Waals surface area (Å²) in [4.78, 5) is 26.3. The first-order valence-electron chi connectivity index (χ1n) is 10.4. The van der Waals surface area contributed by atoms with Gasteiger partial charge in [0.15, 0.2) is 0 Å². The highest BCUT2D eigenvalue weighted by Gasteiger charge is 2.31. The first-order valence-corrected chi connectivity index (χ1v) is 10.4. The maximum Gasteiger partial charge on any atom is 0.340 e. The normalized spacial score (nSPS) is 15.0. The zero-order chi connectivity index (χ0) is 24.9. The van der Waals surface area contributed by atoms with Gasteiger partial charge in [0, 0.05) is 25.0 Å². The lowest BCUT2D eigenvalue weighted by atomic mass is 10.0. The Labute approximate surface area is 191 Å². The van der Waals surface area contributed by atoms with Crippen LogP contribution in [0.15, 0.2) is 39.6 Å². The number of hydrogen-bond acceptors (Lipinski definition) is 9. The molecule has 0 fully saturated rings. The number of aliphatic hydroxyl groups is 5. The number of ether oxygens (including phenoxy) is 1. The fourth-order valence-corrected chi connectivity index (χ4v) is 3.21. The summed E-state index contributed by atoms with van der Waals surface area (Å²) in [5.41, 5.74) is 1.19. The molecule has 2 aromatic rings. The van der Waals surface area contributed by atoms with E-state index in [1.165, 1.54) is 7.05 Å². The Morgan fingerprint density at radius 3 is 2.42 bits per heavy atom. The van der Waals surface area contributed by atoms with Crippen LogP contribution in [-0.2, 0) is 11.2 Å². The third-order valence-corrected chi connectivity index (χ3v) is 5.28. The zero-order valence-electron chi connectivity index (χ0n) is 18.9. The molecule has 1 aromatic heterocycles. The number of aryl methyl sites for hydroxylation is 1. The van der Waals surface area contributed by atoms with E-state index in [9.17, 15) is 30.0 Å². The van der Waals surface area contributed by atoms with Gasteiger partial charge in [0.1, 0.15) is 42.4 Å². The number of fused-ring (bicyclic) bond motifs is 1. The van der Waals surface area contributed by atoms with E-state index in [-0.39, 0.29) is 18.5 Å². The summed E-state index contributed by atoms with van der Waals surface area (Å²) in [6, 6.07) is 5.04. The lowest BCUT2D eigenvalue weighted by Gasteiger charge is -2.28. The topological polar surface area (TPSA) is 161 Å². The van der Waals surface area contributed by atoms with Crippen molar-refractivity contribution in [2.75, 3.05) is 26.8 Å². The molecular formula is C23H31NO9. The van der Waals surface area contributed by atoms with Crippen LogP contribution in [-0.4, -0.2) is 87.6 Å². The highest BCUT2D eigenvalue weighted by molar-refractivity contribution is 5.85. The second-order valence-corrected chi connectivity index (χ2v) is 8.15. The van der Waals surface area contributed by atoms with Gasteiger partial charge in [-0.05, 0) is 37.1 Å². The van der Waals surface area contributed by atoms with E-state index < -0.39 is 42.6 Å². The molecule has 4 atom stereocenters. The predicted molar refractivity (Wildman–Crippen MR) is 120 cm³/mol. The molecule has 0 saturated carbocycles. The number of carbonyl (C=O) groups excluding carboxylic acids is 1. The SMILES string of the molecule is C=C(C)COc1ccc2c(C)c(CC(=O)N(C)C[C@H](O)[C@H](O)[C@@H](O)[C@@H](O)CO)c(=O)oc2c1.